The minimum Gasteiger partial charge on any atom is -0.389 e. The number of hydrogen-bond donors (Lipinski definition) is 1. The summed E-state index contributed by atoms with van der Waals surface area (Å²) in [6.45, 7) is 2.05. The fraction of sp³-hybridized carbons (Fsp3) is 0.400. The van der Waals surface area contributed by atoms with Crippen LogP contribution in [-0.2, 0) is 9.59 Å². The summed E-state index contributed by atoms with van der Waals surface area (Å²) in [6.07, 6.45) is 1.46. The number of benzene rings is 1. The number of imide groups is 1. The predicted molar refractivity (Wildman–Crippen MR) is 80.2 cm³/mol. The molecule has 1 saturated heterocycles. The van der Waals surface area contributed by atoms with Crippen molar-refractivity contribution in [2.45, 2.75) is 19.8 Å². The average molecular weight is 306 g/mol. The molecule has 1 saturated carbocycles. The van der Waals surface area contributed by atoms with Gasteiger partial charge in [-0.05, 0) is 37.0 Å². The highest BCUT2D eigenvalue weighted by molar-refractivity contribution is 7.80. The number of halogens is 1. The highest BCUT2D eigenvalue weighted by Crippen LogP contribution is 2.44. The van der Waals surface area contributed by atoms with E-state index < -0.39 is 5.82 Å². The fourth-order valence-corrected chi connectivity index (χ4v) is 3.53. The van der Waals surface area contributed by atoms with E-state index in [1.54, 1.807) is 0 Å². The van der Waals surface area contributed by atoms with Crippen LogP contribution in [0.3, 0.4) is 0 Å². The molecule has 0 aromatic heterocycles. The summed E-state index contributed by atoms with van der Waals surface area (Å²) in [5.74, 6) is -1.06. The minimum atomic E-state index is -0.556. The summed E-state index contributed by atoms with van der Waals surface area (Å²) in [5.41, 5.74) is 5.86. The molecular weight excluding hydrogens is 291 g/mol. The maximum Gasteiger partial charge on any atom is 0.237 e. The van der Waals surface area contributed by atoms with E-state index in [1.165, 1.54) is 18.2 Å². The molecule has 0 bridgehead atoms. The molecule has 2 amide bonds. The third-order valence-electron chi connectivity index (χ3n) is 4.35. The Bertz CT molecular complexity index is 637. The van der Waals surface area contributed by atoms with Gasteiger partial charge in [0.2, 0.25) is 11.8 Å². The summed E-state index contributed by atoms with van der Waals surface area (Å²) >= 11 is 4.79. The number of rotatable bonds is 2. The molecule has 0 radical (unpaired) electrons. The largest absolute Gasteiger partial charge is 0.389 e. The number of nitrogens with zero attached hydrogens (tertiary/aromatic N) is 1. The highest BCUT2D eigenvalue weighted by Gasteiger charge is 2.52. The SMILES string of the molecule is CC1CC2C(=O)N(c3ccc(F)c(C(N)=S)c3)C(=O)C2C1. The molecule has 2 fully saturated rings. The summed E-state index contributed by atoms with van der Waals surface area (Å²) in [7, 11) is 0. The number of amides is 2. The summed E-state index contributed by atoms with van der Waals surface area (Å²) in [5, 5.41) is 0. The highest BCUT2D eigenvalue weighted by atomic mass is 32.1. The first-order valence-corrected chi connectivity index (χ1v) is 7.28. The Morgan fingerprint density at radius 2 is 1.86 bits per heavy atom. The van der Waals surface area contributed by atoms with Crippen molar-refractivity contribution >= 4 is 34.7 Å². The average Bonchev–Trinajstić information content (AvgIpc) is 2.90. The third kappa shape index (κ3) is 2.14. The molecule has 1 aliphatic carbocycles. The van der Waals surface area contributed by atoms with Gasteiger partial charge >= 0.3 is 0 Å². The smallest absolute Gasteiger partial charge is 0.237 e. The van der Waals surface area contributed by atoms with Gasteiger partial charge < -0.3 is 5.73 Å². The van der Waals surface area contributed by atoms with Crippen LogP contribution in [0.4, 0.5) is 10.1 Å². The Labute approximate surface area is 127 Å². The summed E-state index contributed by atoms with van der Waals surface area (Å²) in [6, 6.07) is 3.97. The van der Waals surface area contributed by atoms with E-state index in [0.29, 0.717) is 11.6 Å². The zero-order valence-electron chi connectivity index (χ0n) is 11.5. The van der Waals surface area contributed by atoms with E-state index in [1.807, 2.05) is 6.92 Å². The van der Waals surface area contributed by atoms with Gasteiger partial charge in [-0.1, -0.05) is 19.1 Å². The first kappa shape index (κ1) is 14.1. The van der Waals surface area contributed by atoms with E-state index in [2.05, 4.69) is 0 Å². The molecule has 1 aromatic carbocycles. The lowest BCUT2D eigenvalue weighted by Gasteiger charge is -2.18. The maximum absolute atomic E-state index is 13.6. The van der Waals surface area contributed by atoms with Crippen molar-refractivity contribution in [3.63, 3.8) is 0 Å². The van der Waals surface area contributed by atoms with Crippen molar-refractivity contribution < 1.29 is 14.0 Å². The van der Waals surface area contributed by atoms with Crippen molar-refractivity contribution in [2.75, 3.05) is 4.90 Å². The Balaban J connectivity index is 1.99. The number of carbonyl (C=O) groups excluding carboxylic acids is 2. The summed E-state index contributed by atoms with van der Waals surface area (Å²) < 4.78 is 13.6. The van der Waals surface area contributed by atoms with E-state index in [-0.39, 0.29) is 34.2 Å². The van der Waals surface area contributed by atoms with E-state index in [9.17, 15) is 14.0 Å². The van der Waals surface area contributed by atoms with Crippen LogP contribution in [-0.4, -0.2) is 16.8 Å². The molecule has 2 N–H and O–H groups in total. The second-order valence-electron chi connectivity index (χ2n) is 5.83. The number of thiocarbonyl (C=S) groups is 1. The third-order valence-corrected chi connectivity index (χ3v) is 4.57. The van der Waals surface area contributed by atoms with Crippen molar-refractivity contribution in [2.24, 2.45) is 23.5 Å². The van der Waals surface area contributed by atoms with Gasteiger partial charge in [0.15, 0.2) is 0 Å². The van der Waals surface area contributed by atoms with Crippen LogP contribution >= 0.6 is 12.2 Å². The van der Waals surface area contributed by atoms with Crippen LogP contribution in [0.2, 0.25) is 0 Å². The Morgan fingerprint density at radius 3 is 2.38 bits per heavy atom. The monoisotopic (exact) mass is 306 g/mol. The second-order valence-corrected chi connectivity index (χ2v) is 6.27. The molecule has 6 heteroatoms. The first-order valence-electron chi connectivity index (χ1n) is 6.87. The van der Waals surface area contributed by atoms with Gasteiger partial charge in [-0.3, -0.25) is 14.5 Å². The number of carbonyl (C=O) groups is 2. The fourth-order valence-electron chi connectivity index (χ4n) is 3.37. The normalized spacial score (nSPS) is 28.1. The topological polar surface area (TPSA) is 63.4 Å². The van der Waals surface area contributed by atoms with Crippen molar-refractivity contribution in [3.8, 4) is 0 Å². The molecule has 2 unspecified atom stereocenters. The van der Waals surface area contributed by atoms with E-state index >= 15 is 0 Å². The number of nitrogens with two attached hydrogens (primary N) is 1. The van der Waals surface area contributed by atoms with Gasteiger partial charge in [0, 0.05) is 5.56 Å². The van der Waals surface area contributed by atoms with Crippen LogP contribution in [0.25, 0.3) is 0 Å². The predicted octanol–water partition coefficient (Wildman–Crippen LogP) is 2.00. The van der Waals surface area contributed by atoms with Crippen molar-refractivity contribution in [1.82, 2.24) is 0 Å². The lowest BCUT2D eigenvalue weighted by molar-refractivity contribution is -0.123. The first-order chi connectivity index (χ1) is 9.90. The second kappa shape index (κ2) is 4.87. The number of anilines is 1. The van der Waals surface area contributed by atoms with Gasteiger partial charge in [0.1, 0.15) is 10.8 Å². The molecule has 2 aliphatic rings. The van der Waals surface area contributed by atoms with Crippen molar-refractivity contribution in [1.29, 1.82) is 0 Å². The molecule has 4 nitrogen and oxygen atoms in total. The molecule has 1 aliphatic heterocycles. The Morgan fingerprint density at radius 1 is 1.29 bits per heavy atom. The lowest BCUT2D eigenvalue weighted by Crippen LogP contribution is -2.32. The van der Waals surface area contributed by atoms with Crippen LogP contribution in [0.5, 0.6) is 0 Å². The van der Waals surface area contributed by atoms with Gasteiger partial charge in [-0.2, -0.15) is 0 Å². The zero-order valence-corrected chi connectivity index (χ0v) is 12.3. The molecule has 1 heterocycles. The standard InChI is InChI=1S/C15H15FN2O2S/c1-7-4-9-10(5-7)15(20)18(14(9)19)8-2-3-12(16)11(6-8)13(17)21/h2-3,6-7,9-10H,4-5H2,1H3,(H2,17,21). The van der Waals surface area contributed by atoms with Crippen LogP contribution in [0.1, 0.15) is 25.3 Å². The van der Waals surface area contributed by atoms with Gasteiger partial charge in [0.05, 0.1) is 17.5 Å². The molecule has 0 spiro atoms. The lowest BCUT2D eigenvalue weighted by atomic mass is 10.00. The molecule has 110 valence electrons. The molecule has 21 heavy (non-hydrogen) atoms. The minimum absolute atomic E-state index is 0.0496. The van der Waals surface area contributed by atoms with Crippen LogP contribution < -0.4 is 10.6 Å². The summed E-state index contributed by atoms with van der Waals surface area (Å²) in [4.78, 5) is 26.0. The number of hydrogen-bond acceptors (Lipinski definition) is 3. The molecule has 2 atom stereocenters. The van der Waals surface area contributed by atoms with Gasteiger partial charge in [-0.25, -0.2) is 4.39 Å². The Kier molecular flexibility index (Phi) is 3.28. The van der Waals surface area contributed by atoms with Crippen molar-refractivity contribution in [3.05, 3.63) is 29.6 Å². The zero-order chi connectivity index (χ0) is 15.3. The molecule has 3 rings (SSSR count). The van der Waals surface area contributed by atoms with E-state index in [0.717, 1.165) is 17.7 Å². The van der Waals surface area contributed by atoms with E-state index in [4.69, 9.17) is 18.0 Å². The maximum atomic E-state index is 13.6. The van der Waals surface area contributed by atoms with Crippen LogP contribution in [0, 0.1) is 23.6 Å². The van der Waals surface area contributed by atoms with Gasteiger partial charge in [-0.15, -0.1) is 0 Å². The molecular formula is C15H15FN2O2S. The number of fused-ring (bicyclic) bond motifs is 1. The molecule has 1 aromatic rings. The Hall–Kier alpha value is -1.82. The van der Waals surface area contributed by atoms with Gasteiger partial charge in [0.25, 0.3) is 0 Å². The van der Waals surface area contributed by atoms with Crippen LogP contribution in [0.15, 0.2) is 18.2 Å². The quantitative estimate of drug-likeness (QED) is 0.670.